The van der Waals surface area contributed by atoms with Gasteiger partial charge in [-0.05, 0) is 25.1 Å². The number of hydrazine groups is 1. The van der Waals surface area contributed by atoms with E-state index in [1.165, 1.54) is 24.4 Å². The lowest BCUT2D eigenvalue weighted by molar-refractivity contribution is 0.151. The Morgan fingerprint density at radius 2 is 2.07 bits per heavy atom. The van der Waals surface area contributed by atoms with Crippen LogP contribution in [0.3, 0.4) is 0 Å². The van der Waals surface area contributed by atoms with Crippen LogP contribution < -0.4 is 26.2 Å². The van der Waals surface area contributed by atoms with Gasteiger partial charge in [-0.2, -0.15) is 4.98 Å². The smallest absolute Gasteiger partial charge is 0.318 e. The molecule has 10 heteroatoms. The molecule has 0 saturated carbocycles. The Kier molecular flexibility index (Phi) is 6.75. The summed E-state index contributed by atoms with van der Waals surface area (Å²) in [6.07, 6.45) is 0.298. The fourth-order valence-electron chi connectivity index (χ4n) is 2.24. The predicted octanol–water partition coefficient (Wildman–Crippen LogP) is 3.00. The number of benzene rings is 1. The summed E-state index contributed by atoms with van der Waals surface area (Å²) < 4.78 is 31.3. The third-order valence-electron chi connectivity index (χ3n) is 3.53. The molecule has 146 valence electrons. The van der Waals surface area contributed by atoms with Crippen LogP contribution in [0.15, 0.2) is 36.3 Å². The van der Waals surface area contributed by atoms with E-state index >= 15 is 0 Å². The Bertz CT molecular complexity index is 831. The zero-order chi connectivity index (χ0) is 20.1. The summed E-state index contributed by atoms with van der Waals surface area (Å²) in [7, 11) is 3.72. The molecule has 2 aromatic rings. The summed E-state index contributed by atoms with van der Waals surface area (Å²) in [5, 5.41) is 1.08. The molecular weight excluding hydrogens is 378 g/mol. The number of aryl methyl sites for hydroxylation is 1. The lowest BCUT2D eigenvalue weighted by atomic mass is 10.2. The minimum Gasteiger partial charge on any atom is -0.457 e. The molecule has 0 bridgehead atoms. The van der Waals surface area contributed by atoms with Gasteiger partial charge in [-0.25, -0.2) is 19.6 Å². The van der Waals surface area contributed by atoms with E-state index in [1.807, 2.05) is 25.9 Å². The fraction of sp³-hybridized carbons (Fsp3) is 0.294. The minimum atomic E-state index is -2.71. The molecule has 1 heterocycles. The number of halogens is 3. The SMILES string of the molecule is Cc1cnc(OC/C(N)=C/N(N)c2ccc(Cl)c(C(F)F)c2)nc1N(C)C. The molecule has 0 aliphatic carbocycles. The van der Waals surface area contributed by atoms with Gasteiger partial charge >= 0.3 is 6.01 Å². The number of hydrogen-bond donors (Lipinski definition) is 2. The summed E-state index contributed by atoms with van der Waals surface area (Å²) in [5.41, 5.74) is 7.04. The van der Waals surface area contributed by atoms with E-state index in [-0.39, 0.29) is 28.9 Å². The van der Waals surface area contributed by atoms with Gasteiger partial charge < -0.3 is 15.4 Å². The van der Waals surface area contributed by atoms with Crippen molar-refractivity contribution in [1.82, 2.24) is 9.97 Å². The molecule has 0 amide bonds. The van der Waals surface area contributed by atoms with E-state index in [9.17, 15) is 8.78 Å². The molecule has 0 unspecified atom stereocenters. The molecule has 0 radical (unpaired) electrons. The summed E-state index contributed by atoms with van der Waals surface area (Å²) in [6, 6.07) is 4.22. The maximum absolute atomic E-state index is 12.9. The second-order valence-electron chi connectivity index (χ2n) is 5.96. The van der Waals surface area contributed by atoms with Crippen LogP contribution in [0.5, 0.6) is 6.01 Å². The first-order valence-electron chi connectivity index (χ1n) is 7.90. The molecule has 7 nitrogen and oxygen atoms in total. The van der Waals surface area contributed by atoms with Crippen molar-refractivity contribution in [2.75, 3.05) is 30.6 Å². The maximum Gasteiger partial charge on any atom is 0.318 e. The number of anilines is 2. The van der Waals surface area contributed by atoms with Crippen LogP contribution in [0.1, 0.15) is 17.6 Å². The molecule has 1 aromatic heterocycles. The van der Waals surface area contributed by atoms with E-state index in [4.69, 9.17) is 27.9 Å². The zero-order valence-corrected chi connectivity index (χ0v) is 15.9. The third kappa shape index (κ3) is 5.41. The van der Waals surface area contributed by atoms with Gasteiger partial charge in [0.05, 0.1) is 11.4 Å². The molecule has 2 rings (SSSR count). The van der Waals surface area contributed by atoms with Gasteiger partial charge in [0.2, 0.25) is 0 Å². The molecule has 27 heavy (non-hydrogen) atoms. The van der Waals surface area contributed by atoms with Crippen LogP contribution in [0.25, 0.3) is 0 Å². The van der Waals surface area contributed by atoms with Gasteiger partial charge in [-0.3, -0.25) is 5.01 Å². The van der Waals surface area contributed by atoms with Gasteiger partial charge in [0.1, 0.15) is 12.4 Å². The Hall–Kier alpha value is -2.65. The standard InChI is InChI=1S/C17H21ClF2N6O/c1-10-7-23-17(24-16(10)25(2)3)27-9-11(21)8-26(22)12-4-5-14(18)13(6-12)15(19)20/h4-8,15H,9,21-22H2,1-3H3/b11-8-. The van der Waals surface area contributed by atoms with Crippen LogP contribution in [0, 0.1) is 6.92 Å². The average molecular weight is 399 g/mol. The second-order valence-corrected chi connectivity index (χ2v) is 6.37. The predicted molar refractivity (Wildman–Crippen MR) is 102 cm³/mol. The first-order valence-corrected chi connectivity index (χ1v) is 8.28. The lowest BCUT2D eigenvalue weighted by Crippen LogP contribution is -2.27. The molecule has 1 aromatic carbocycles. The normalized spacial score (nSPS) is 11.6. The number of rotatable bonds is 7. The molecular formula is C17H21ClF2N6O. The van der Waals surface area contributed by atoms with E-state index < -0.39 is 6.43 Å². The molecule has 0 spiro atoms. The summed E-state index contributed by atoms with van der Waals surface area (Å²) in [6.45, 7) is 1.86. The Morgan fingerprint density at radius 1 is 1.37 bits per heavy atom. The van der Waals surface area contributed by atoms with Gasteiger partial charge in [0.15, 0.2) is 0 Å². The molecule has 4 N–H and O–H groups in total. The quantitative estimate of drug-likeness (QED) is 0.547. The minimum absolute atomic E-state index is 0.0288. The van der Waals surface area contributed by atoms with Crippen molar-refractivity contribution < 1.29 is 13.5 Å². The van der Waals surface area contributed by atoms with Gasteiger partial charge in [-0.15, -0.1) is 0 Å². The number of nitrogens with zero attached hydrogens (tertiary/aromatic N) is 4. The van der Waals surface area contributed by atoms with E-state index in [2.05, 4.69) is 9.97 Å². The van der Waals surface area contributed by atoms with Crippen molar-refractivity contribution in [3.8, 4) is 6.01 Å². The molecule has 0 fully saturated rings. The highest BCUT2D eigenvalue weighted by Gasteiger charge is 2.14. The number of nitrogens with two attached hydrogens (primary N) is 2. The van der Waals surface area contributed by atoms with Crippen molar-refractivity contribution in [2.24, 2.45) is 11.6 Å². The molecule has 0 aliphatic heterocycles. The van der Waals surface area contributed by atoms with Crippen molar-refractivity contribution in [1.29, 1.82) is 0 Å². The monoisotopic (exact) mass is 398 g/mol. The second kappa shape index (κ2) is 8.83. The number of hydrogen-bond acceptors (Lipinski definition) is 7. The zero-order valence-electron chi connectivity index (χ0n) is 15.2. The highest BCUT2D eigenvalue weighted by Crippen LogP contribution is 2.30. The number of aromatic nitrogens is 2. The highest BCUT2D eigenvalue weighted by atomic mass is 35.5. The fourth-order valence-corrected chi connectivity index (χ4v) is 2.44. The summed E-state index contributed by atoms with van der Waals surface area (Å²) >= 11 is 5.75. The van der Waals surface area contributed by atoms with E-state index in [0.717, 1.165) is 16.4 Å². The van der Waals surface area contributed by atoms with E-state index in [1.54, 1.807) is 6.20 Å². The molecule has 0 atom stereocenters. The first-order chi connectivity index (χ1) is 12.7. The van der Waals surface area contributed by atoms with Crippen molar-refractivity contribution in [3.05, 3.63) is 52.4 Å². The summed E-state index contributed by atoms with van der Waals surface area (Å²) in [5.74, 6) is 6.59. The van der Waals surface area contributed by atoms with Gasteiger partial charge in [0, 0.05) is 42.6 Å². The lowest BCUT2D eigenvalue weighted by Gasteiger charge is -2.17. The van der Waals surface area contributed by atoms with Gasteiger partial charge in [-0.1, -0.05) is 11.6 Å². The van der Waals surface area contributed by atoms with Crippen molar-refractivity contribution >= 4 is 23.1 Å². The van der Waals surface area contributed by atoms with Crippen molar-refractivity contribution in [3.63, 3.8) is 0 Å². The van der Waals surface area contributed by atoms with Crippen molar-refractivity contribution in [2.45, 2.75) is 13.3 Å². The topological polar surface area (TPSA) is 93.5 Å². The Morgan fingerprint density at radius 3 is 2.70 bits per heavy atom. The third-order valence-corrected chi connectivity index (χ3v) is 3.88. The number of alkyl halides is 2. The average Bonchev–Trinajstić information content (AvgIpc) is 2.60. The van der Waals surface area contributed by atoms with Crippen LogP contribution in [-0.2, 0) is 0 Å². The number of ether oxygens (including phenoxy) is 1. The Balaban J connectivity index is 2.07. The van der Waals surface area contributed by atoms with Crippen LogP contribution in [0.2, 0.25) is 5.02 Å². The largest absolute Gasteiger partial charge is 0.457 e. The summed E-state index contributed by atoms with van der Waals surface area (Å²) in [4.78, 5) is 10.2. The molecule has 0 saturated heterocycles. The van der Waals surface area contributed by atoms with Gasteiger partial charge in [0.25, 0.3) is 6.43 Å². The van der Waals surface area contributed by atoms with Crippen LogP contribution in [0.4, 0.5) is 20.3 Å². The van der Waals surface area contributed by atoms with Crippen LogP contribution in [-0.4, -0.2) is 30.7 Å². The molecule has 0 aliphatic rings. The van der Waals surface area contributed by atoms with E-state index in [0.29, 0.717) is 5.69 Å². The van der Waals surface area contributed by atoms with Crippen LogP contribution >= 0.6 is 11.6 Å². The Labute approximate surface area is 161 Å². The first kappa shape index (κ1) is 20.7. The maximum atomic E-state index is 12.9. The highest BCUT2D eigenvalue weighted by molar-refractivity contribution is 6.31.